The Balaban J connectivity index is 0.000000686. The van der Waals surface area contributed by atoms with Crippen molar-refractivity contribution < 1.29 is 4.74 Å². The van der Waals surface area contributed by atoms with Gasteiger partial charge in [0.05, 0.1) is 13.3 Å². The summed E-state index contributed by atoms with van der Waals surface area (Å²) in [5.41, 5.74) is 1.73. The lowest BCUT2D eigenvalue weighted by Gasteiger charge is -1.99. The number of halogens is 1. The molecule has 0 saturated heterocycles. The minimum absolute atomic E-state index is 0.802. The molecule has 0 aliphatic carbocycles. The van der Waals surface area contributed by atoms with Crippen LogP contribution in [0, 0.1) is 11.2 Å². The van der Waals surface area contributed by atoms with Crippen molar-refractivity contribution >= 4 is 35.8 Å². The van der Waals surface area contributed by atoms with E-state index in [4.69, 9.17) is 4.74 Å². The van der Waals surface area contributed by atoms with Crippen LogP contribution in [0.4, 0.5) is 0 Å². The van der Waals surface area contributed by atoms with Gasteiger partial charge in [0.15, 0.2) is 0 Å². The molecule has 0 amide bonds. The summed E-state index contributed by atoms with van der Waals surface area (Å²) in [7, 11) is 3.10. The summed E-state index contributed by atoms with van der Waals surface area (Å²) < 4.78 is 7.05. The van der Waals surface area contributed by atoms with E-state index >= 15 is 0 Å². The van der Waals surface area contributed by atoms with Crippen molar-refractivity contribution in [3.05, 3.63) is 30.2 Å². The van der Waals surface area contributed by atoms with Gasteiger partial charge in [0, 0.05) is 33.5 Å². The van der Waals surface area contributed by atoms with Gasteiger partial charge in [-0.05, 0) is 26.2 Å². The zero-order valence-electron chi connectivity index (χ0n) is 9.90. The molecule has 2 aromatic rings. The van der Waals surface area contributed by atoms with E-state index in [0.717, 1.165) is 17.1 Å². The molecule has 2 rings (SSSR count). The number of hydrogen-bond donors (Lipinski definition) is 0. The van der Waals surface area contributed by atoms with Crippen LogP contribution in [0.3, 0.4) is 0 Å². The van der Waals surface area contributed by atoms with E-state index < -0.39 is 0 Å². The average Bonchev–Trinajstić information content (AvgIpc) is 2.80. The molecule has 5 heteroatoms. The second kappa shape index (κ2) is 7.45. The fourth-order valence-electron chi connectivity index (χ4n) is 1.25. The maximum atomic E-state index is 5.12. The van der Waals surface area contributed by atoms with Gasteiger partial charge >= 0.3 is 0 Å². The maximum absolute atomic E-state index is 5.12. The minimum atomic E-state index is 0.802. The molecule has 0 aromatic carbocycles. The highest BCUT2D eigenvalue weighted by atomic mass is 127. The molecule has 0 radical (unpaired) electrons. The summed E-state index contributed by atoms with van der Waals surface area (Å²) in [5.74, 6) is 3.82. The van der Waals surface area contributed by atoms with Crippen LogP contribution in [0.15, 0.2) is 24.5 Å². The fourth-order valence-corrected chi connectivity index (χ4v) is 1.73. The predicted octanol–water partition coefficient (Wildman–Crippen LogP) is 3.76. The summed E-state index contributed by atoms with van der Waals surface area (Å²) in [6, 6.07) is 3.76. The Morgan fingerprint density at radius 1 is 1.47 bits per heavy atom. The number of fused-ring (bicyclic) bond motifs is 1. The second-order valence-electron chi connectivity index (χ2n) is 2.74. The van der Waals surface area contributed by atoms with Crippen molar-refractivity contribution in [2.75, 3.05) is 7.11 Å². The molecule has 0 saturated carbocycles. The molecule has 0 atom stereocenters. The van der Waals surface area contributed by atoms with Gasteiger partial charge in [0.2, 0.25) is 0 Å². The average molecular weight is 360 g/mol. The first-order valence-electron chi connectivity index (χ1n) is 5.15. The zero-order valence-corrected chi connectivity index (χ0v) is 12.9. The molecule has 0 aliphatic rings. The van der Waals surface area contributed by atoms with Crippen molar-refractivity contribution in [3.63, 3.8) is 0 Å². The summed E-state index contributed by atoms with van der Waals surface area (Å²) in [5, 5.41) is 2.93. The van der Waals surface area contributed by atoms with E-state index in [9.17, 15) is 0 Å². The van der Waals surface area contributed by atoms with Gasteiger partial charge in [-0.3, -0.25) is 4.40 Å². The van der Waals surface area contributed by atoms with Crippen molar-refractivity contribution in [1.82, 2.24) is 9.38 Å². The van der Waals surface area contributed by atoms with Crippen LogP contribution in [-0.2, 0) is 0 Å². The summed E-state index contributed by atoms with van der Waals surface area (Å²) in [6.45, 7) is 4.00. The van der Waals surface area contributed by atoms with Crippen molar-refractivity contribution in [3.8, 4) is 16.9 Å². The SMILES string of the molecule is CC.COc1ccn2c(C#CSI)cnc2c1. The van der Waals surface area contributed by atoms with Crippen LogP contribution in [0.1, 0.15) is 19.5 Å². The normalized spacial score (nSPS) is 8.94. The molecule has 0 fully saturated rings. The molecule has 2 heterocycles. The molecule has 3 nitrogen and oxygen atoms in total. The first kappa shape index (κ1) is 14.2. The third-order valence-corrected chi connectivity index (χ3v) is 2.78. The number of nitrogens with zero attached hydrogens (tertiary/aromatic N) is 2. The van der Waals surface area contributed by atoms with Crippen LogP contribution in [0.2, 0.25) is 0 Å². The summed E-state index contributed by atoms with van der Waals surface area (Å²) in [6.07, 6.45) is 3.66. The van der Waals surface area contributed by atoms with Crippen molar-refractivity contribution in [2.24, 2.45) is 0 Å². The van der Waals surface area contributed by atoms with Gasteiger partial charge in [0.1, 0.15) is 17.1 Å². The first-order chi connectivity index (χ1) is 8.35. The van der Waals surface area contributed by atoms with E-state index in [1.807, 2.05) is 36.6 Å². The maximum Gasteiger partial charge on any atom is 0.141 e. The van der Waals surface area contributed by atoms with Crippen LogP contribution in [0.5, 0.6) is 5.75 Å². The second-order valence-corrected chi connectivity index (χ2v) is 4.42. The smallest absolute Gasteiger partial charge is 0.141 e. The van der Waals surface area contributed by atoms with Gasteiger partial charge in [-0.2, -0.15) is 0 Å². The zero-order chi connectivity index (χ0) is 12.7. The van der Waals surface area contributed by atoms with E-state index in [1.54, 1.807) is 13.3 Å². The lowest BCUT2D eigenvalue weighted by molar-refractivity contribution is 0.414. The number of rotatable bonds is 1. The van der Waals surface area contributed by atoms with E-state index in [-0.39, 0.29) is 0 Å². The Morgan fingerprint density at radius 3 is 2.88 bits per heavy atom. The fraction of sp³-hybridized carbons (Fsp3) is 0.250. The molecule has 90 valence electrons. The van der Waals surface area contributed by atoms with Crippen molar-refractivity contribution in [2.45, 2.75) is 13.8 Å². The summed E-state index contributed by atoms with van der Waals surface area (Å²) >= 11 is 2.14. The van der Waals surface area contributed by atoms with E-state index in [0.29, 0.717) is 0 Å². The van der Waals surface area contributed by atoms with Crippen LogP contribution in [0.25, 0.3) is 5.65 Å². The third-order valence-electron chi connectivity index (χ3n) is 1.94. The Morgan fingerprint density at radius 2 is 2.24 bits per heavy atom. The number of imidazole rings is 1. The van der Waals surface area contributed by atoms with Crippen molar-refractivity contribution in [1.29, 1.82) is 0 Å². The van der Waals surface area contributed by atoms with Gasteiger partial charge < -0.3 is 4.74 Å². The predicted molar refractivity (Wildman–Crippen MR) is 81.6 cm³/mol. The molecule has 0 aliphatic heterocycles. The number of ether oxygens (including phenoxy) is 1. The molecular weight excluding hydrogens is 347 g/mol. The Hall–Kier alpha value is -0.870. The molecule has 0 unspecified atom stereocenters. The molecule has 17 heavy (non-hydrogen) atoms. The van der Waals surface area contributed by atoms with Gasteiger partial charge in [-0.15, -0.1) is 0 Å². The molecule has 0 bridgehead atoms. The molecule has 0 N–H and O–H groups in total. The molecular formula is C12H13IN2OS. The first-order valence-corrected chi connectivity index (χ1v) is 8.51. The highest BCUT2D eigenvalue weighted by molar-refractivity contribution is 14.2. The molecule has 2 aromatic heterocycles. The highest BCUT2D eigenvalue weighted by Gasteiger charge is 2.01. The third kappa shape index (κ3) is 3.54. The van der Waals surface area contributed by atoms with Gasteiger partial charge in [-0.1, -0.05) is 13.8 Å². The van der Waals surface area contributed by atoms with Crippen LogP contribution < -0.4 is 4.74 Å². The van der Waals surface area contributed by atoms with Crippen LogP contribution >= 0.6 is 30.1 Å². The Kier molecular flexibility index (Phi) is 6.22. The minimum Gasteiger partial charge on any atom is -0.497 e. The number of aromatic nitrogens is 2. The lowest BCUT2D eigenvalue weighted by atomic mass is 10.4. The number of methoxy groups -OCH3 is 1. The van der Waals surface area contributed by atoms with E-state index in [1.165, 1.54) is 8.93 Å². The van der Waals surface area contributed by atoms with Gasteiger partial charge in [-0.25, -0.2) is 4.98 Å². The van der Waals surface area contributed by atoms with Gasteiger partial charge in [0.25, 0.3) is 0 Å². The number of hydrogen-bond acceptors (Lipinski definition) is 3. The Labute approximate surface area is 118 Å². The topological polar surface area (TPSA) is 26.5 Å². The van der Waals surface area contributed by atoms with E-state index in [2.05, 4.69) is 37.4 Å². The molecule has 0 spiro atoms. The monoisotopic (exact) mass is 360 g/mol. The quantitative estimate of drug-likeness (QED) is 0.572. The largest absolute Gasteiger partial charge is 0.497 e. The summed E-state index contributed by atoms with van der Waals surface area (Å²) in [4.78, 5) is 4.25. The number of pyridine rings is 1. The standard InChI is InChI=1S/C10H7IN2OS.C2H6/c1-14-9-2-4-13-8(3-5-15-11)7-12-10(13)6-9;1-2/h2,4,6-7H,1H3;1-2H3. The highest BCUT2D eigenvalue weighted by Crippen LogP contribution is 2.15. The van der Waals surface area contributed by atoms with Crippen LogP contribution in [-0.4, -0.2) is 16.5 Å². The lowest BCUT2D eigenvalue weighted by Crippen LogP contribution is -1.89. The Bertz CT molecular complexity index is 542.